The lowest BCUT2D eigenvalue weighted by Gasteiger charge is -2.64. The average molecular weight is 433 g/mol. The fourth-order valence-corrected chi connectivity index (χ4v) is 5.64. The highest BCUT2D eigenvalue weighted by Crippen LogP contribution is 2.63. The maximum absolute atomic E-state index is 12.0. The summed E-state index contributed by atoms with van der Waals surface area (Å²) < 4.78 is 16.4. The van der Waals surface area contributed by atoms with Crippen molar-refractivity contribution >= 4 is 17.9 Å². The van der Waals surface area contributed by atoms with Crippen molar-refractivity contribution in [2.75, 3.05) is 6.61 Å². The van der Waals surface area contributed by atoms with Crippen LogP contribution in [0.2, 0.25) is 0 Å². The van der Waals surface area contributed by atoms with Gasteiger partial charge in [0.1, 0.15) is 12.2 Å². The van der Waals surface area contributed by atoms with Crippen molar-refractivity contribution in [2.45, 2.75) is 72.2 Å². The molecule has 1 heterocycles. The molecule has 0 saturated heterocycles. The molecule has 31 heavy (non-hydrogen) atoms. The fourth-order valence-electron chi connectivity index (χ4n) is 5.64. The number of ether oxygens (including phenoxy) is 3. The molecule has 0 bridgehead atoms. The van der Waals surface area contributed by atoms with E-state index in [1.807, 2.05) is 26.8 Å². The SMILES string of the molecule is CC(=O)O[C@H]1[C@H](OC(C)=O)[C@](C)(O)[C@](C)(C=CC2=CC(=O)OC2)[C@H]2CCC=C(C)[C@]12C. The molecule has 0 spiro atoms. The van der Waals surface area contributed by atoms with Gasteiger partial charge in [-0.2, -0.15) is 0 Å². The van der Waals surface area contributed by atoms with Crippen molar-refractivity contribution in [3.05, 3.63) is 35.5 Å². The molecule has 3 aliphatic rings. The molecule has 0 aromatic carbocycles. The number of esters is 3. The monoisotopic (exact) mass is 432 g/mol. The Kier molecular flexibility index (Phi) is 5.95. The van der Waals surface area contributed by atoms with Gasteiger partial charge in [0.2, 0.25) is 0 Å². The van der Waals surface area contributed by atoms with Crippen LogP contribution in [0.3, 0.4) is 0 Å². The van der Waals surface area contributed by atoms with Crippen LogP contribution >= 0.6 is 0 Å². The highest BCUT2D eigenvalue weighted by Gasteiger charge is 2.69. The Labute approximate surface area is 183 Å². The first-order chi connectivity index (χ1) is 14.3. The van der Waals surface area contributed by atoms with Gasteiger partial charge in [-0.3, -0.25) is 9.59 Å². The van der Waals surface area contributed by atoms with E-state index in [-0.39, 0.29) is 12.5 Å². The minimum atomic E-state index is -1.55. The van der Waals surface area contributed by atoms with Gasteiger partial charge in [-0.25, -0.2) is 4.79 Å². The number of allylic oxidation sites excluding steroid dienone is 1. The number of hydrogen-bond acceptors (Lipinski definition) is 7. The van der Waals surface area contributed by atoms with E-state index in [9.17, 15) is 19.5 Å². The lowest BCUT2D eigenvalue weighted by Crippen LogP contribution is -2.72. The van der Waals surface area contributed by atoms with E-state index >= 15 is 0 Å². The second kappa shape index (κ2) is 7.93. The van der Waals surface area contributed by atoms with Crippen molar-refractivity contribution in [2.24, 2.45) is 16.7 Å². The van der Waals surface area contributed by atoms with Crippen LogP contribution in [0.5, 0.6) is 0 Å². The molecule has 0 amide bonds. The molecule has 7 nitrogen and oxygen atoms in total. The maximum atomic E-state index is 12.0. The largest absolute Gasteiger partial charge is 0.458 e. The van der Waals surface area contributed by atoms with Gasteiger partial charge in [-0.05, 0) is 38.2 Å². The summed E-state index contributed by atoms with van der Waals surface area (Å²) >= 11 is 0. The molecule has 0 unspecified atom stereocenters. The molecule has 1 aliphatic heterocycles. The number of carbonyl (C=O) groups excluding carboxylic acids is 3. The number of hydrogen-bond donors (Lipinski definition) is 1. The molecule has 0 aromatic rings. The molecule has 6 atom stereocenters. The van der Waals surface area contributed by atoms with Crippen LogP contribution in [0.4, 0.5) is 0 Å². The third kappa shape index (κ3) is 3.73. The highest BCUT2D eigenvalue weighted by molar-refractivity contribution is 5.86. The number of fused-ring (bicyclic) bond motifs is 1. The van der Waals surface area contributed by atoms with E-state index in [1.54, 1.807) is 13.0 Å². The smallest absolute Gasteiger partial charge is 0.331 e. The van der Waals surface area contributed by atoms with Crippen molar-refractivity contribution in [1.82, 2.24) is 0 Å². The standard InChI is InChI=1S/C24H32O7/c1-14-8-7-9-18-22(4,11-10-17-12-19(27)29-13-17)24(6,28)21(31-16(3)26)20(23(14,18)5)30-15(2)25/h8,10-12,18,20-21,28H,7,9,13H2,1-6H3/t18-,20+,21+,22-,23+,24+/m1/s1. The van der Waals surface area contributed by atoms with Gasteiger partial charge in [0.25, 0.3) is 0 Å². The first kappa shape index (κ1) is 23.3. The molecule has 0 radical (unpaired) electrons. The summed E-state index contributed by atoms with van der Waals surface area (Å²) in [5, 5.41) is 11.9. The van der Waals surface area contributed by atoms with E-state index in [4.69, 9.17) is 14.2 Å². The summed E-state index contributed by atoms with van der Waals surface area (Å²) in [5.41, 5.74) is -1.34. The average Bonchev–Trinajstić information content (AvgIpc) is 3.08. The Morgan fingerprint density at radius 3 is 2.32 bits per heavy atom. The minimum absolute atomic E-state index is 0.119. The number of cyclic esters (lactones) is 1. The van der Waals surface area contributed by atoms with E-state index in [0.717, 1.165) is 18.4 Å². The van der Waals surface area contributed by atoms with Crippen LogP contribution in [0, 0.1) is 16.7 Å². The third-order valence-corrected chi connectivity index (χ3v) is 7.63. The molecule has 7 heteroatoms. The predicted molar refractivity (Wildman–Crippen MR) is 113 cm³/mol. The molecule has 1 fully saturated rings. The van der Waals surface area contributed by atoms with Gasteiger partial charge >= 0.3 is 17.9 Å². The van der Waals surface area contributed by atoms with Crippen molar-refractivity contribution in [1.29, 1.82) is 0 Å². The molecule has 1 N–H and O–H groups in total. The van der Waals surface area contributed by atoms with Crippen LogP contribution in [-0.4, -0.2) is 47.4 Å². The Bertz CT molecular complexity index is 880. The summed E-state index contributed by atoms with van der Waals surface area (Å²) in [6, 6.07) is 0. The zero-order chi connectivity index (χ0) is 23.2. The number of aliphatic hydroxyl groups is 1. The molecule has 0 aromatic heterocycles. The molecular weight excluding hydrogens is 400 g/mol. The lowest BCUT2D eigenvalue weighted by atomic mass is 9.44. The van der Waals surface area contributed by atoms with Gasteiger partial charge in [0.05, 0.1) is 0 Å². The molecule has 1 saturated carbocycles. The van der Waals surface area contributed by atoms with Crippen LogP contribution in [0.1, 0.15) is 54.4 Å². The van der Waals surface area contributed by atoms with Crippen LogP contribution < -0.4 is 0 Å². The Morgan fingerprint density at radius 1 is 1.16 bits per heavy atom. The highest BCUT2D eigenvalue weighted by atomic mass is 16.6. The van der Waals surface area contributed by atoms with E-state index in [0.29, 0.717) is 5.57 Å². The van der Waals surface area contributed by atoms with Gasteiger partial charge in [-0.15, -0.1) is 0 Å². The Hall–Kier alpha value is -2.41. The first-order valence-corrected chi connectivity index (χ1v) is 10.6. The van der Waals surface area contributed by atoms with Gasteiger partial charge in [0, 0.05) is 30.8 Å². The number of carbonyl (C=O) groups is 3. The van der Waals surface area contributed by atoms with Crippen LogP contribution in [-0.2, 0) is 28.6 Å². The van der Waals surface area contributed by atoms with Crippen molar-refractivity contribution < 1.29 is 33.7 Å². The fraction of sp³-hybridized carbons (Fsp3) is 0.625. The molecule has 3 rings (SSSR count). The van der Waals surface area contributed by atoms with E-state index < -0.39 is 46.5 Å². The van der Waals surface area contributed by atoms with Gasteiger partial charge < -0.3 is 19.3 Å². The summed E-state index contributed by atoms with van der Waals surface area (Å²) in [5.74, 6) is -1.58. The normalized spacial score (nSPS) is 40.0. The zero-order valence-corrected chi connectivity index (χ0v) is 19.1. The molecule has 2 aliphatic carbocycles. The summed E-state index contributed by atoms with van der Waals surface area (Å²) in [6.07, 6.45) is 6.88. The quantitative estimate of drug-likeness (QED) is 0.414. The first-order valence-electron chi connectivity index (χ1n) is 10.6. The summed E-state index contributed by atoms with van der Waals surface area (Å²) in [4.78, 5) is 35.5. The topological polar surface area (TPSA) is 99.1 Å². The lowest BCUT2D eigenvalue weighted by molar-refractivity contribution is -0.265. The second-order valence-corrected chi connectivity index (χ2v) is 9.45. The maximum Gasteiger partial charge on any atom is 0.331 e. The van der Waals surface area contributed by atoms with E-state index in [1.165, 1.54) is 19.9 Å². The number of rotatable bonds is 4. The van der Waals surface area contributed by atoms with Crippen molar-refractivity contribution in [3.63, 3.8) is 0 Å². The minimum Gasteiger partial charge on any atom is -0.458 e. The van der Waals surface area contributed by atoms with Crippen LogP contribution in [0.25, 0.3) is 0 Å². The molecule has 170 valence electrons. The van der Waals surface area contributed by atoms with Crippen molar-refractivity contribution in [3.8, 4) is 0 Å². The Balaban J connectivity index is 2.19. The Morgan fingerprint density at radius 2 is 1.77 bits per heavy atom. The van der Waals surface area contributed by atoms with Gasteiger partial charge in [0.15, 0.2) is 12.2 Å². The van der Waals surface area contributed by atoms with E-state index in [2.05, 4.69) is 6.08 Å². The second-order valence-electron chi connectivity index (χ2n) is 9.45. The zero-order valence-electron chi connectivity index (χ0n) is 19.1. The summed E-state index contributed by atoms with van der Waals surface area (Å²) in [7, 11) is 0. The third-order valence-electron chi connectivity index (χ3n) is 7.63. The molecular formula is C24H32O7. The van der Waals surface area contributed by atoms with Gasteiger partial charge in [-0.1, -0.05) is 37.6 Å². The van der Waals surface area contributed by atoms with Crippen LogP contribution in [0.15, 0.2) is 35.5 Å². The summed E-state index contributed by atoms with van der Waals surface area (Å²) in [6.45, 7) is 10.3. The predicted octanol–water partition coefficient (Wildman–Crippen LogP) is 3.02.